The summed E-state index contributed by atoms with van der Waals surface area (Å²) < 4.78 is 7.05. The number of hydrogen-bond acceptors (Lipinski definition) is 5. The van der Waals surface area contributed by atoms with Crippen LogP contribution in [0.2, 0.25) is 0 Å². The van der Waals surface area contributed by atoms with E-state index in [1.54, 1.807) is 17.8 Å². The van der Waals surface area contributed by atoms with Gasteiger partial charge in [0.2, 0.25) is 0 Å². The highest BCUT2D eigenvalue weighted by molar-refractivity contribution is 5.93. The first kappa shape index (κ1) is 20.3. The van der Waals surface area contributed by atoms with E-state index in [1.807, 2.05) is 67.6 Å². The molecule has 4 rings (SSSR count). The van der Waals surface area contributed by atoms with Crippen LogP contribution in [0.5, 0.6) is 5.75 Å². The third-order valence-electron chi connectivity index (χ3n) is 4.80. The minimum atomic E-state index is -0.216. The lowest BCUT2D eigenvalue weighted by Gasteiger charge is -2.06. The van der Waals surface area contributed by atoms with E-state index in [2.05, 4.69) is 20.4 Å². The van der Waals surface area contributed by atoms with E-state index < -0.39 is 0 Å². The summed E-state index contributed by atoms with van der Waals surface area (Å²) in [4.78, 5) is 21.3. The molecule has 0 radical (unpaired) electrons. The number of carbonyl (C=O) groups is 1. The Kier molecular flexibility index (Phi) is 6.03. The number of nitrogens with one attached hydrogen (secondary N) is 1. The Hall–Kier alpha value is -4.00. The second-order valence-corrected chi connectivity index (χ2v) is 6.94. The van der Waals surface area contributed by atoms with Crippen molar-refractivity contribution in [2.24, 2.45) is 7.05 Å². The molecule has 2 aromatic carbocycles. The van der Waals surface area contributed by atoms with Crippen LogP contribution in [-0.2, 0) is 13.6 Å². The Morgan fingerprint density at radius 2 is 1.71 bits per heavy atom. The molecule has 156 valence electrons. The van der Waals surface area contributed by atoms with Crippen molar-refractivity contribution in [3.8, 4) is 28.3 Å². The van der Waals surface area contributed by atoms with Crippen LogP contribution < -0.4 is 10.1 Å². The van der Waals surface area contributed by atoms with Gasteiger partial charge >= 0.3 is 0 Å². The molecule has 0 bridgehead atoms. The maximum Gasteiger partial charge on any atom is 0.269 e. The summed E-state index contributed by atoms with van der Waals surface area (Å²) in [6, 6.07) is 21.2. The molecule has 0 aliphatic rings. The first-order valence-corrected chi connectivity index (χ1v) is 10.1. The fourth-order valence-corrected chi connectivity index (χ4v) is 3.23. The van der Waals surface area contributed by atoms with Gasteiger partial charge < -0.3 is 10.1 Å². The second kappa shape index (κ2) is 9.21. The van der Waals surface area contributed by atoms with Gasteiger partial charge in [-0.05, 0) is 43.3 Å². The molecule has 7 nitrogen and oxygen atoms in total. The van der Waals surface area contributed by atoms with Crippen LogP contribution in [0.15, 0.2) is 73.1 Å². The molecule has 1 amide bonds. The minimum Gasteiger partial charge on any atom is -0.494 e. The Balaban J connectivity index is 1.45. The first-order valence-electron chi connectivity index (χ1n) is 10.1. The predicted octanol–water partition coefficient (Wildman–Crippen LogP) is 3.87. The van der Waals surface area contributed by atoms with Crippen LogP contribution in [0.25, 0.3) is 22.5 Å². The smallest absolute Gasteiger partial charge is 0.269 e. The SMILES string of the molecule is CCOc1ccc(-c2cc(C(=O)NCc3cc(-c4ccccc4)ncn3)n(C)n2)cc1. The van der Waals surface area contributed by atoms with Crippen molar-refractivity contribution >= 4 is 5.91 Å². The number of rotatable bonds is 7. The molecule has 0 saturated carbocycles. The normalized spacial score (nSPS) is 10.6. The number of amides is 1. The predicted molar refractivity (Wildman–Crippen MR) is 118 cm³/mol. The van der Waals surface area contributed by atoms with Gasteiger partial charge in [0.1, 0.15) is 17.8 Å². The zero-order valence-corrected chi connectivity index (χ0v) is 17.4. The van der Waals surface area contributed by atoms with Crippen LogP contribution in [0.4, 0.5) is 0 Å². The highest BCUT2D eigenvalue weighted by Gasteiger charge is 2.15. The Morgan fingerprint density at radius 1 is 0.968 bits per heavy atom. The maximum atomic E-state index is 12.7. The summed E-state index contributed by atoms with van der Waals surface area (Å²) in [5.74, 6) is 0.590. The number of ether oxygens (including phenoxy) is 1. The summed E-state index contributed by atoms with van der Waals surface area (Å²) in [6.07, 6.45) is 1.51. The molecule has 2 aromatic heterocycles. The summed E-state index contributed by atoms with van der Waals surface area (Å²) in [6.45, 7) is 2.86. The first-order chi connectivity index (χ1) is 15.1. The number of aromatic nitrogens is 4. The Bertz CT molecular complexity index is 1170. The topological polar surface area (TPSA) is 81.9 Å². The van der Waals surface area contributed by atoms with Crippen LogP contribution in [0, 0.1) is 0 Å². The molecule has 2 heterocycles. The van der Waals surface area contributed by atoms with Crippen molar-refractivity contribution in [3.05, 3.63) is 84.4 Å². The van der Waals surface area contributed by atoms with Crippen molar-refractivity contribution in [1.82, 2.24) is 25.1 Å². The molecule has 0 saturated heterocycles. The van der Waals surface area contributed by atoms with Gasteiger partial charge in [0.05, 0.1) is 30.2 Å². The van der Waals surface area contributed by atoms with Gasteiger partial charge in [0, 0.05) is 18.2 Å². The van der Waals surface area contributed by atoms with Crippen molar-refractivity contribution < 1.29 is 9.53 Å². The molecule has 7 heteroatoms. The lowest BCUT2D eigenvalue weighted by Crippen LogP contribution is -2.25. The Labute approximate surface area is 180 Å². The van der Waals surface area contributed by atoms with Crippen LogP contribution >= 0.6 is 0 Å². The van der Waals surface area contributed by atoms with Crippen molar-refractivity contribution in [3.63, 3.8) is 0 Å². The van der Waals surface area contributed by atoms with E-state index in [0.717, 1.165) is 34.0 Å². The fourth-order valence-electron chi connectivity index (χ4n) is 3.23. The van der Waals surface area contributed by atoms with E-state index in [-0.39, 0.29) is 5.91 Å². The van der Waals surface area contributed by atoms with Gasteiger partial charge in [0.15, 0.2) is 0 Å². The molecule has 0 atom stereocenters. The zero-order chi connectivity index (χ0) is 21.6. The average molecular weight is 413 g/mol. The highest BCUT2D eigenvalue weighted by Crippen LogP contribution is 2.22. The van der Waals surface area contributed by atoms with E-state index in [9.17, 15) is 4.79 Å². The van der Waals surface area contributed by atoms with E-state index >= 15 is 0 Å². The quantitative estimate of drug-likeness (QED) is 0.497. The molecule has 31 heavy (non-hydrogen) atoms. The van der Waals surface area contributed by atoms with Crippen molar-refractivity contribution in [1.29, 1.82) is 0 Å². The highest BCUT2D eigenvalue weighted by atomic mass is 16.5. The summed E-state index contributed by atoms with van der Waals surface area (Å²) >= 11 is 0. The van der Waals surface area contributed by atoms with Crippen molar-refractivity contribution in [2.45, 2.75) is 13.5 Å². The number of nitrogens with zero attached hydrogens (tertiary/aromatic N) is 4. The minimum absolute atomic E-state index is 0.216. The molecule has 0 spiro atoms. The standard InChI is InChI=1S/C24H23N5O2/c1-3-31-20-11-9-18(10-12-20)22-14-23(29(2)28-22)24(30)25-15-19-13-21(27-16-26-19)17-7-5-4-6-8-17/h4-14,16H,3,15H2,1-2H3,(H,25,30). The van der Waals surface area contributed by atoms with E-state index in [4.69, 9.17) is 4.74 Å². The van der Waals surface area contributed by atoms with Crippen LogP contribution in [-0.4, -0.2) is 32.3 Å². The third-order valence-corrected chi connectivity index (χ3v) is 4.80. The van der Waals surface area contributed by atoms with Gasteiger partial charge in [-0.3, -0.25) is 9.48 Å². The lowest BCUT2D eigenvalue weighted by molar-refractivity contribution is 0.0941. The maximum absolute atomic E-state index is 12.7. The van der Waals surface area contributed by atoms with Gasteiger partial charge in [0.25, 0.3) is 5.91 Å². The number of aryl methyl sites for hydroxylation is 1. The summed E-state index contributed by atoms with van der Waals surface area (Å²) in [5.41, 5.74) is 4.67. The zero-order valence-electron chi connectivity index (χ0n) is 17.4. The van der Waals surface area contributed by atoms with E-state index in [0.29, 0.717) is 18.8 Å². The van der Waals surface area contributed by atoms with Crippen LogP contribution in [0.1, 0.15) is 23.1 Å². The molecule has 1 N–H and O–H groups in total. The molecule has 0 aliphatic carbocycles. The largest absolute Gasteiger partial charge is 0.494 e. The fraction of sp³-hybridized carbons (Fsp3) is 0.167. The van der Waals surface area contributed by atoms with Crippen molar-refractivity contribution in [2.75, 3.05) is 6.61 Å². The molecular formula is C24H23N5O2. The molecule has 0 unspecified atom stereocenters. The molecule has 0 fully saturated rings. The molecular weight excluding hydrogens is 390 g/mol. The van der Waals surface area contributed by atoms with E-state index in [1.165, 1.54) is 6.33 Å². The number of hydrogen-bond donors (Lipinski definition) is 1. The molecule has 0 aliphatic heterocycles. The average Bonchev–Trinajstić information content (AvgIpc) is 3.21. The van der Waals surface area contributed by atoms with Gasteiger partial charge in [-0.2, -0.15) is 5.10 Å². The lowest BCUT2D eigenvalue weighted by atomic mass is 10.1. The van der Waals surface area contributed by atoms with Gasteiger partial charge in [-0.15, -0.1) is 0 Å². The number of carbonyl (C=O) groups excluding carboxylic acids is 1. The van der Waals surface area contributed by atoms with Crippen LogP contribution in [0.3, 0.4) is 0 Å². The monoisotopic (exact) mass is 413 g/mol. The Morgan fingerprint density at radius 3 is 2.45 bits per heavy atom. The summed E-state index contributed by atoms with van der Waals surface area (Å²) in [5, 5.41) is 7.39. The third kappa shape index (κ3) is 4.78. The van der Waals surface area contributed by atoms with Gasteiger partial charge in [-0.1, -0.05) is 30.3 Å². The molecule has 4 aromatic rings. The number of benzene rings is 2. The second-order valence-electron chi connectivity index (χ2n) is 6.94. The van der Waals surface area contributed by atoms with Gasteiger partial charge in [-0.25, -0.2) is 9.97 Å². The summed E-state index contributed by atoms with van der Waals surface area (Å²) in [7, 11) is 1.76.